The molecule has 0 aliphatic heterocycles. The molecule has 0 aliphatic carbocycles. The van der Waals surface area contributed by atoms with E-state index in [0.29, 0.717) is 10.2 Å². The summed E-state index contributed by atoms with van der Waals surface area (Å²) < 4.78 is 5.70. The first kappa shape index (κ1) is 18.8. The molecule has 2 N–H and O–H groups in total. The lowest BCUT2D eigenvalue weighted by Gasteiger charge is -2.31. The zero-order chi connectivity index (χ0) is 19.2. The fourth-order valence-corrected chi connectivity index (χ4v) is 6.98. The van der Waals surface area contributed by atoms with Gasteiger partial charge in [-0.3, -0.25) is 0 Å². The van der Waals surface area contributed by atoms with Crippen LogP contribution in [0.15, 0.2) is 45.1 Å². The highest BCUT2D eigenvalue weighted by molar-refractivity contribution is 8.13. The maximum absolute atomic E-state index is 10.1. The Morgan fingerprint density at radius 3 is 2.26 bits per heavy atom. The quantitative estimate of drug-likeness (QED) is 0.295. The number of para-hydroxylation sites is 1. The van der Waals surface area contributed by atoms with E-state index in [2.05, 4.69) is 35.5 Å². The first-order valence-corrected chi connectivity index (χ1v) is 11.3. The number of rotatable bonds is 4. The van der Waals surface area contributed by atoms with Gasteiger partial charge in [0.15, 0.2) is 20.2 Å². The van der Waals surface area contributed by atoms with Crippen LogP contribution < -0.4 is 0 Å². The molecule has 0 amide bonds. The van der Waals surface area contributed by atoms with Gasteiger partial charge in [-0.1, -0.05) is 12.1 Å². The molecule has 4 aromatic rings. The van der Waals surface area contributed by atoms with E-state index in [1.54, 1.807) is 29.4 Å². The van der Waals surface area contributed by atoms with Crippen LogP contribution in [0.2, 0.25) is 0 Å². The topological polar surface area (TPSA) is 69.5 Å². The lowest BCUT2D eigenvalue weighted by molar-refractivity contribution is 0.408. The van der Waals surface area contributed by atoms with Gasteiger partial charge in [-0.2, -0.15) is 3.71 Å². The molecule has 4 rings (SSSR count). The maximum atomic E-state index is 10.1. The SMILES string of the molecule is CC(C)(C)N(Sc1nc2ccccc2s1)Sc1nc2ccc(O)c(O)c2s1. The molecule has 0 fully saturated rings. The molecule has 0 aliphatic rings. The molecule has 0 bridgehead atoms. The lowest BCUT2D eigenvalue weighted by Crippen LogP contribution is -2.30. The number of hydrogen-bond acceptors (Lipinski definition) is 9. The number of phenols is 2. The second-order valence-electron chi connectivity index (χ2n) is 6.82. The zero-order valence-corrected chi connectivity index (χ0v) is 18.1. The Hall–Kier alpha value is -1.52. The van der Waals surface area contributed by atoms with Gasteiger partial charge in [0.2, 0.25) is 0 Å². The highest BCUT2D eigenvalue weighted by Gasteiger charge is 2.27. The van der Waals surface area contributed by atoms with Crippen LogP contribution in [0.25, 0.3) is 20.4 Å². The van der Waals surface area contributed by atoms with Crippen molar-refractivity contribution >= 4 is 67.0 Å². The summed E-state index contributed by atoms with van der Waals surface area (Å²) in [5, 5.41) is 19.8. The van der Waals surface area contributed by atoms with Gasteiger partial charge in [0.25, 0.3) is 0 Å². The molecular formula is C18H17N3O2S4. The summed E-state index contributed by atoms with van der Waals surface area (Å²) in [6.07, 6.45) is 0. The standard InChI is InChI=1S/C18H17N3O2S4/c1-18(2,3)21(26-16-19-10-6-4-5-7-13(10)24-16)27-17-20-11-8-9-12(22)14(23)15(11)25-17/h4-9,22-23H,1-3H3. The highest BCUT2D eigenvalue weighted by Crippen LogP contribution is 2.46. The summed E-state index contributed by atoms with van der Waals surface area (Å²) in [4.78, 5) is 9.30. The van der Waals surface area contributed by atoms with Gasteiger partial charge < -0.3 is 10.2 Å². The van der Waals surface area contributed by atoms with Crippen molar-refractivity contribution in [1.82, 2.24) is 13.7 Å². The molecule has 0 unspecified atom stereocenters. The maximum Gasteiger partial charge on any atom is 0.177 e. The van der Waals surface area contributed by atoms with Crippen LogP contribution in [0, 0.1) is 0 Å². The number of aromatic hydroxyl groups is 2. The van der Waals surface area contributed by atoms with Crippen molar-refractivity contribution < 1.29 is 10.2 Å². The van der Waals surface area contributed by atoms with Crippen molar-refractivity contribution in [3.63, 3.8) is 0 Å². The van der Waals surface area contributed by atoms with E-state index < -0.39 is 0 Å². The van der Waals surface area contributed by atoms with Gasteiger partial charge in [-0.25, -0.2) is 9.97 Å². The molecule has 9 heteroatoms. The van der Waals surface area contributed by atoms with Crippen molar-refractivity contribution in [1.29, 1.82) is 0 Å². The fraction of sp³-hybridized carbons (Fsp3) is 0.222. The minimum Gasteiger partial charge on any atom is -0.504 e. The first-order chi connectivity index (χ1) is 12.8. The third-order valence-electron chi connectivity index (χ3n) is 3.63. The van der Waals surface area contributed by atoms with Crippen LogP contribution in [0.1, 0.15) is 20.8 Å². The molecule has 0 saturated carbocycles. The Morgan fingerprint density at radius 2 is 1.56 bits per heavy atom. The van der Waals surface area contributed by atoms with Crippen LogP contribution in [-0.4, -0.2) is 29.4 Å². The molecule has 2 heterocycles. The van der Waals surface area contributed by atoms with Crippen molar-refractivity contribution in [2.75, 3.05) is 0 Å². The lowest BCUT2D eigenvalue weighted by atomic mass is 10.1. The normalized spacial score (nSPS) is 12.4. The van der Waals surface area contributed by atoms with Crippen molar-refractivity contribution in [2.24, 2.45) is 0 Å². The number of thiazole rings is 2. The Morgan fingerprint density at radius 1 is 0.889 bits per heavy atom. The fourth-order valence-electron chi connectivity index (χ4n) is 2.31. The Labute approximate surface area is 173 Å². The largest absolute Gasteiger partial charge is 0.504 e. The van der Waals surface area contributed by atoms with Crippen LogP contribution in [0.5, 0.6) is 11.5 Å². The van der Waals surface area contributed by atoms with E-state index in [1.165, 1.54) is 34.1 Å². The van der Waals surface area contributed by atoms with Gasteiger partial charge in [0, 0.05) is 29.4 Å². The average Bonchev–Trinajstić information content (AvgIpc) is 3.20. The van der Waals surface area contributed by atoms with Crippen molar-refractivity contribution in [2.45, 2.75) is 35.0 Å². The molecule has 27 heavy (non-hydrogen) atoms. The van der Waals surface area contributed by atoms with E-state index in [9.17, 15) is 10.2 Å². The molecule has 5 nitrogen and oxygen atoms in total. The van der Waals surface area contributed by atoms with Gasteiger partial charge in [0.05, 0.1) is 15.7 Å². The Kier molecular flexibility index (Phi) is 4.98. The van der Waals surface area contributed by atoms with Crippen LogP contribution >= 0.6 is 46.6 Å². The smallest absolute Gasteiger partial charge is 0.177 e. The monoisotopic (exact) mass is 435 g/mol. The predicted octanol–water partition coefficient (Wildman–Crippen LogP) is 6.13. The van der Waals surface area contributed by atoms with Gasteiger partial charge in [-0.15, -0.1) is 22.7 Å². The van der Waals surface area contributed by atoms with Crippen LogP contribution in [-0.2, 0) is 0 Å². The molecular weight excluding hydrogens is 418 g/mol. The Bertz CT molecular complexity index is 1080. The molecule has 2 aromatic heterocycles. The summed E-state index contributed by atoms with van der Waals surface area (Å²) in [6, 6.07) is 11.3. The average molecular weight is 436 g/mol. The summed E-state index contributed by atoms with van der Waals surface area (Å²) >= 11 is 6.15. The number of phenolic OH excluding ortho intramolecular Hbond substituents is 2. The van der Waals surface area contributed by atoms with Gasteiger partial charge in [-0.05, 0) is 45.0 Å². The summed E-state index contributed by atoms with van der Waals surface area (Å²) in [7, 11) is 0. The minimum absolute atomic E-state index is 0.113. The molecule has 0 atom stereocenters. The molecule has 0 spiro atoms. The van der Waals surface area contributed by atoms with E-state index in [-0.39, 0.29) is 17.0 Å². The molecule has 0 radical (unpaired) electrons. The number of benzene rings is 2. The Balaban J connectivity index is 1.64. The van der Waals surface area contributed by atoms with E-state index >= 15 is 0 Å². The van der Waals surface area contributed by atoms with Crippen LogP contribution in [0.3, 0.4) is 0 Å². The van der Waals surface area contributed by atoms with E-state index in [4.69, 9.17) is 4.98 Å². The minimum atomic E-state index is -0.144. The second kappa shape index (κ2) is 7.14. The number of hydrogen-bond donors (Lipinski definition) is 2. The summed E-state index contributed by atoms with van der Waals surface area (Å²) in [5.41, 5.74) is 1.54. The number of fused-ring (bicyclic) bond motifs is 2. The van der Waals surface area contributed by atoms with Gasteiger partial charge in [0.1, 0.15) is 4.70 Å². The number of nitrogens with zero attached hydrogens (tertiary/aromatic N) is 3. The molecule has 2 aromatic carbocycles. The first-order valence-electron chi connectivity index (χ1n) is 8.14. The van der Waals surface area contributed by atoms with Crippen molar-refractivity contribution in [3.8, 4) is 11.5 Å². The van der Waals surface area contributed by atoms with E-state index in [0.717, 1.165) is 14.2 Å². The zero-order valence-electron chi connectivity index (χ0n) is 14.8. The van der Waals surface area contributed by atoms with E-state index in [1.807, 2.05) is 18.2 Å². The van der Waals surface area contributed by atoms with Gasteiger partial charge >= 0.3 is 0 Å². The molecule has 140 valence electrons. The summed E-state index contributed by atoms with van der Waals surface area (Å²) in [6.45, 7) is 6.41. The predicted molar refractivity (Wildman–Crippen MR) is 116 cm³/mol. The van der Waals surface area contributed by atoms with Crippen LogP contribution in [0.4, 0.5) is 0 Å². The summed E-state index contributed by atoms with van der Waals surface area (Å²) in [5.74, 6) is -0.239. The molecule has 0 saturated heterocycles. The highest BCUT2D eigenvalue weighted by atomic mass is 32.2. The third kappa shape index (κ3) is 3.88. The second-order valence-corrected chi connectivity index (χ2v) is 11.5. The third-order valence-corrected chi connectivity index (χ3v) is 8.65. The number of aromatic nitrogens is 2. The van der Waals surface area contributed by atoms with Crippen molar-refractivity contribution in [3.05, 3.63) is 36.4 Å².